The lowest BCUT2D eigenvalue weighted by Gasteiger charge is -2.38. The molecule has 1 saturated carbocycles. The summed E-state index contributed by atoms with van der Waals surface area (Å²) in [5.74, 6) is 1.62. The van der Waals surface area contributed by atoms with Crippen LogP contribution in [0.4, 0.5) is 0 Å². The fraction of sp³-hybridized carbons (Fsp3) is 1.00. The van der Waals surface area contributed by atoms with Crippen LogP contribution in [0.1, 0.15) is 52.4 Å². The first-order chi connectivity index (χ1) is 9.24. The molecule has 1 heterocycles. The van der Waals surface area contributed by atoms with Crippen LogP contribution in [0.25, 0.3) is 0 Å². The van der Waals surface area contributed by atoms with Crippen LogP contribution in [0.15, 0.2) is 0 Å². The number of aliphatic hydroxyl groups excluding tert-OH is 1. The van der Waals surface area contributed by atoms with Gasteiger partial charge in [0.2, 0.25) is 0 Å². The van der Waals surface area contributed by atoms with Gasteiger partial charge in [0.05, 0.1) is 12.1 Å². The Hall–Kier alpha value is -0.120. The maximum Gasteiger partial charge on any atom is 0.0628 e. The molecule has 2 fully saturated rings. The average molecular weight is 268 g/mol. The lowest BCUT2D eigenvalue weighted by Crippen LogP contribution is -2.58. The van der Waals surface area contributed by atoms with Gasteiger partial charge < -0.3 is 15.3 Å². The largest absolute Gasteiger partial charge is 0.394 e. The first-order valence-electron chi connectivity index (χ1n) is 8.32. The fourth-order valence-electron chi connectivity index (χ4n) is 3.74. The summed E-state index contributed by atoms with van der Waals surface area (Å²) in [6.07, 6.45) is 7.97. The molecule has 19 heavy (non-hydrogen) atoms. The Balaban J connectivity index is 1.92. The molecule has 2 N–H and O–H groups in total. The van der Waals surface area contributed by atoms with Crippen LogP contribution in [-0.4, -0.2) is 48.3 Å². The summed E-state index contributed by atoms with van der Waals surface area (Å²) in [6, 6.07) is 0. The van der Waals surface area contributed by atoms with E-state index in [4.69, 9.17) is 0 Å². The molecular formula is C16H32N2O. The predicted octanol–water partition coefficient (Wildman–Crippen LogP) is 2.25. The minimum Gasteiger partial charge on any atom is -0.394 e. The number of hydrogen-bond acceptors (Lipinski definition) is 3. The topological polar surface area (TPSA) is 35.5 Å². The van der Waals surface area contributed by atoms with E-state index in [1.54, 1.807) is 0 Å². The van der Waals surface area contributed by atoms with Gasteiger partial charge in [-0.15, -0.1) is 0 Å². The van der Waals surface area contributed by atoms with Crippen LogP contribution >= 0.6 is 0 Å². The van der Waals surface area contributed by atoms with E-state index in [9.17, 15) is 5.11 Å². The van der Waals surface area contributed by atoms with Crippen LogP contribution in [0, 0.1) is 11.8 Å². The van der Waals surface area contributed by atoms with Crippen LogP contribution in [0.3, 0.4) is 0 Å². The van der Waals surface area contributed by atoms with Gasteiger partial charge in [-0.3, -0.25) is 0 Å². The number of hydrogen-bond donors (Lipinski definition) is 2. The summed E-state index contributed by atoms with van der Waals surface area (Å²) in [5, 5.41) is 13.5. The molecule has 1 saturated heterocycles. The number of nitrogens with zero attached hydrogens (tertiary/aromatic N) is 1. The van der Waals surface area contributed by atoms with Crippen molar-refractivity contribution < 1.29 is 5.11 Å². The van der Waals surface area contributed by atoms with E-state index in [0.29, 0.717) is 12.5 Å². The molecule has 1 aliphatic heterocycles. The van der Waals surface area contributed by atoms with Crippen molar-refractivity contribution in [2.24, 2.45) is 11.8 Å². The molecule has 2 unspecified atom stereocenters. The minimum atomic E-state index is -0.0270. The highest BCUT2D eigenvalue weighted by Crippen LogP contribution is 2.40. The molecule has 3 nitrogen and oxygen atoms in total. The summed E-state index contributed by atoms with van der Waals surface area (Å²) in [7, 11) is 0. The first-order valence-corrected chi connectivity index (χ1v) is 8.32. The summed E-state index contributed by atoms with van der Waals surface area (Å²) >= 11 is 0. The van der Waals surface area contributed by atoms with Gasteiger partial charge in [-0.05, 0) is 63.6 Å². The SMILES string of the molecule is CCNC(CO)(CN1CCCC(CC)CC1)C1CC1. The molecule has 112 valence electrons. The molecule has 1 aliphatic carbocycles. The zero-order chi connectivity index (χ0) is 13.7. The third-order valence-electron chi connectivity index (χ3n) is 5.19. The van der Waals surface area contributed by atoms with E-state index in [1.165, 1.54) is 51.6 Å². The maximum absolute atomic E-state index is 9.93. The zero-order valence-corrected chi connectivity index (χ0v) is 12.8. The van der Waals surface area contributed by atoms with Gasteiger partial charge in [0.15, 0.2) is 0 Å². The van der Waals surface area contributed by atoms with Gasteiger partial charge in [0.25, 0.3) is 0 Å². The fourth-order valence-corrected chi connectivity index (χ4v) is 3.74. The molecule has 0 radical (unpaired) electrons. The van der Waals surface area contributed by atoms with Crippen molar-refractivity contribution in [3.63, 3.8) is 0 Å². The van der Waals surface area contributed by atoms with Crippen molar-refractivity contribution in [2.45, 2.75) is 57.9 Å². The second kappa shape index (κ2) is 7.05. The van der Waals surface area contributed by atoms with E-state index in [-0.39, 0.29) is 5.54 Å². The number of likely N-dealkylation sites (N-methyl/N-ethyl adjacent to an activating group) is 1. The third-order valence-corrected chi connectivity index (χ3v) is 5.19. The molecular weight excluding hydrogens is 236 g/mol. The molecule has 2 atom stereocenters. The molecule has 2 aliphatic rings. The van der Waals surface area contributed by atoms with Gasteiger partial charge in [0, 0.05) is 6.54 Å². The smallest absolute Gasteiger partial charge is 0.0628 e. The molecule has 2 rings (SSSR count). The maximum atomic E-state index is 9.93. The van der Waals surface area contributed by atoms with E-state index in [1.807, 2.05) is 0 Å². The lowest BCUT2D eigenvalue weighted by atomic mass is 9.93. The van der Waals surface area contributed by atoms with Gasteiger partial charge in [-0.25, -0.2) is 0 Å². The third kappa shape index (κ3) is 3.93. The lowest BCUT2D eigenvalue weighted by molar-refractivity contribution is 0.0927. The standard InChI is InChI=1S/C16H32N2O/c1-3-14-6-5-10-18(11-9-14)12-16(13-19,17-4-2)15-7-8-15/h14-15,17,19H,3-13H2,1-2H3. The highest BCUT2D eigenvalue weighted by molar-refractivity contribution is 5.02. The van der Waals surface area contributed by atoms with Crippen molar-refractivity contribution in [2.75, 3.05) is 32.8 Å². The number of likely N-dealkylation sites (tertiary alicyclic amines) is 1. The Labute approximate surface area is 118 Å². The molecule has 0 amide bonds. The monoisotopic (exact) mass is 268 g/mol. The van der Waals surface area contributed by atoms with Crippen molar-refractivity contribution in [1.29, 1.82) is 0 Å². The van der Waals surface area contributed by atoms with Crippen LogP contribution in [0.2, 0.25) is 0 Å². The Kier molecular flexibility index (Phi) is 5.67. The van der Waals surface area contributed by atoms with Crippen molar-refractivity contribution in [3.8, 4) is 0 Å². The number of nitrogens with one attached hydrogen (secondary N) is 1. The summed E-state index contributed by atoms with van der Waals surface area (Å²) in [4.78, 5) is 2.60. The molecule has 0 spiro atoms. The van der Waals surface area contributed by atoms with Crippen LogP contribution in [-0.2, 0) is 0 Å². The van der Waals surface area contributed by atoms with Crippen molar-refractivity contribution in [3.05, 3.63) is 0 Å². The highest BCUT2D eigenvalue weighted by atomic mass is 16.3. The molecule has 0 aromatic heterocycles. The van der Waals surface area contributed by atoms with E-state index in [2.05, 4.69) is 24.1 Å². The number of rotatable bonds is 7. The Bertz CT molecular complexity index is 267. The van der Waals surface area contributed by atoms with Gasteiger partial charge in [0.1, 0.15) is 0 Å². The van der Waals surface area contributed by atoms with Gasteiger partial charge >= 0.3 is 0 Å². The molecule has 3 heteroatoms. The van der Waals surface area contributed by atoms with Gasteiger partial charge in [-0.2, -0.15) is 0 Å². The molecule has 0 bridgehead atoms. The van der Waals surface area contributed by atoms with Crippen molar-refractivity contribution in [1.82, 2.24) is 10.2 Å². The predicted molar refractivity (Wildman–Crippen MR) is 80.3 cm³/mol. The Morgan fingerprint density at radius 3 is 2.53 bits per heavy atom. The zero-order valence-electron chi connectivity index (χ0n) is 12.8. The Morgan fingerprint density at radius 1 is 1.16 bits per heavy atom. The van der Waals surface area contributed by atoms with E-state index >= 15 is 0 Å². The van der Waals surface area contributed by atoms with Gasteiger partial charge in [-0.1, -0.05) is 20.3 Å². The molecule has 0 aromatic carbocycles. The highest BCUT2D eigenvalue weighted by Gasteiger charge is 2.45. The second-order valence-electron chi connectivity index (χ2n) is 6.60. The average Bonchev–Trinajstić information content (AvgIpc) is 3.25. The van der Waals surface area contributed by atoms with E-state index < -0.39 is 0 Å². The summed E-state index contributed by atoms with van der Waals surface area (Å²) < 4.78 is 0. The summed E-state index contributed by atoms with van der Waals surface area (Å²) in [5.41, 5.74) is -0.0270. The number of aliphatic hydroxyl groups is 1. The van der Waals surface area contributed by atoms with Crippen LogP contribution < -0.4 is 5.32 Å². The van der Waals surface area contributed by atoms with Crippen molar-refractivity contribution >= 4 is 0 Å². The molecule has 0 aromatic rings. The first kappa shape index (κ1) is 15.3. The Morgan fingerprint density at radius 2 is 1.95 bits per heavy atom. The normalized spacial score (nSPS) is 28.9. The quantitative estimate of drug-likeness (QED) is 0.743. The summed E-state index contributed by atoms with van der Waals surface area (Å²) in [6.45, 7) is 9.21. The minimum absolute atomic E-state index is 0.0270. The van der Waals surface area contributed by atoms with Crippen LogP contribution in [0.5, 0.6) is 0 Å². The van der Waals surface area contributed by atoms with E-state index in [0.717, 1.165) is 19.0 Å². The second-order valence-corrected chi connectivity index (χ2v) is 6.60.